The van der Waals surface area contributed by atoms with Crippen molar-refractivity contribution in [1.29, 1.82) is 0 Å². The number of nitrogens with one attached hydrogen (secondary N) is 1. The Labute approximate surface area is 100.0 Å². The number of ether oxygens (including phenoxy) is 1. The molecule has 2 nitrogen and oxygen atoms in total. The van der Waals surface area contributed by atoms with E-state index in [1.165, 1.54) is 12.1 Å². The molecule has 94 valence electrons. The lowest BCUT2D eigenvalue weighted by Crippen LogP contribution is -2.42. The lowest BCUT2D eigenvalue weighted by atomic mass is 9.89. The van der Waals surface area contributed by atoms with Crippen LogP contribution in [0.3, 0.4) is 0 Å². The van der Waals surface area contributed by atoms with Crippen molar-refractivity contribution in [1.82, 2.24) is 5.32 Å². The molecule has 1 N–H and O–H groups in total. The van der Waals surface area contributed by atoms with Gasteiger partial charge in [0.2, 0.25) is 0 Å². The molecule has 1 aliphatic heterocycles. The van der Waals surface area contributed by atoms with E-state index in [0.717, 1.165) is 19.1 Å². The van der Waals surface area contributed by atoms with Crippen molar-refractivity contribution in [2.45, 2.75) is 18.9 Å². The van der Waals surface area contributed by atoms with Crippen molar-refractivity contribution < 1.29 is 13.5 Å². The lowest BCUT2D eigenvalue weighted by molar-refractivity contribution is 0.0339. The summed E-state index contributed by atoms with van der Waals surface area (Å²) in [4.78, 5) is 0. The van der Waals surface area contributed by atoms with Gasteiger partial charge in [0.15, 0.2) is 0 Å². The zero-order chi connectivity index (χ0) is 12.3. The van der Waals surface area contributed by atoms with Crippen LogP contribution in [0.25, 0.3) is 0 Å². The molecule has 0 bridgehead atoms. The van der Waals surface area contributed by atoms with Crippen LogP contribution in [-0.4, -0.2) is 26.3 Å². The fraction of sp³-hybridized carbons (Fsp3) is 0.538. The number of halogens is 2. The monoisotopic (exact) mass is 241 g/mol. The summed E-state index contributed by atoms with van der Waals surface area (Å²) < 4.78 is 31.7. The van der Waals surface area contributed by atoms with Gasteiger partial charge in [0, 0.05) is 24.6 Å². The normalized spacial score (nSPS) is 24.9. The highest BCUT2D eigenvalue weighted by Crippen LogP contribution is 2.21. The summed E-state index contributed by atoms with van der Waals surface area (Å²) in [5, 5.41) is 3.23. The van der Waals surface area contributed by atoms with Crippen molar-refractivity contribution in [2.75, 3.05) is 20.3 Å². The van der Waals surface area contributed by atoms with Gasteiger partial charge in [-0.15, -0.1) is 0 Å². The highest BCUT2D eigenvalue weighted by Gasteiger charge is 2.25. The average molecular weight is 241 g/mol. The molecule has 1 saturated heterocycles. The molecule has 1 heterocycles. The third-order valence-corrected chi connectivity index (χ3v) is 3.34. The molecule has 2 atom stereocenters. The van der Waals surface area contributed by atoms with Gasteiger partial charge in [0.05, 0.1) is 6.61 Å². The predicted octanol–water partition coefficient (Wildman–Crippen LogP) is 2.13. The molecular weight excluding hydrogens is 224 g/mol. The summed E-state index contributed by atoms with van der Waals surface area (Å²) in [6, 6.07) is 4.10. The minimum Gasteiger partial charge on any atom is -0.381 e. The SMILES string of the molecule is CNC1CCOCC1Cc1ccc(F)cc1F. The molecule has 0 aliphatic carbocycles. The van der Waals surface area contributed by atoms with Crippen LogP contribution in [0.15, 0.2) is 18.2 Å². The molecule has 17 heavy (non-hydrogen) atoms. The van der Waals surface area contributed by atoms with Crippen molar-refractivity contribution in [3.05, 3.63) is 35.4 Å². The van der Waals surface area contributed by atoms with Gasteiger partial charge in [-0.2, -0.15) is 0 Å². The summed E-state index contributed by atoms with van der Waals surface area (Å²) >= 11 is 0. The quantitative estimate of drug-likeness (QED) is 0.875. The van der Waals surface area contributed by atoms with E-state index in [4.69, 9.17) is 4.74 Å². The fourth-order valence-electron chi connectivity index (χ4n) is 2.35. The number of benzene rings is 1. The van der Waals surface area contributed by atoms with E-state index in [2.05, 4.69) is 5.32 Å². The lowest BCUT2D eigenvalue weighted by Gasteiger charge is -2.31. The van der Waals surface area contributed by atoms with Gasteiger partial charge in [-0.25, -0.2) is 8.78 Å². The number of hydrogen-bond acceptors (Lipinski definition) is 2. The van der Waals surface area contributed by atoms with Gasteiger partial charge >= 0.3 is 0 Å². The van der Waals surface area contributed by atoms with Crippen molar-refractivity contribution in [3.63, 3.8) is 0 Å². The first-order chi connectivity index (χ1) is 8.20. The smallest absolute Gasteiger partial charge is 0.129 e. The maximum atomic E-state index is 13.5. The third kappa shape index (κ3) is 3.01. The molecule has 1 aromatic rings. The standard InChI is InChI=1S/C13H17F2NO/c1-16-13-4-5-17-8-10(13)6-9-2-3-11(14)7-12(9)15/h2-3,7,10,13,16H,4-6,8H2,1H3. The van der Waals surface area contributed by atoms with Crippen LogP contribution in [0.2, 0.25) is 0 Å². The Morgan fingerprint density at radius 3 is 2.94 bits per heavy atom. The van der Waals surface area contributed by atoms with Gasteiger partial charge in [-0.05, 0) is 31.5 Å². The van der Waals surface area contributed by atoms with Crippen molar-refractivity contribution >= 4 is 0 Å². The number of hydrogen-bond donors (Lipinski definition) is 1. The van der Waals surface area contributed by atoms with E-state index >= 15 is 0 Å². The van der Waals surface area contributed by atoms with Gasteiger partial charge in [0.25, 0.3) is 0 Å². The summed E-state index contributed by atoms with van der Waals surface area (Å²) in [6.07, 6.45) is 1.52. The topological polar surface area (TPSA) is 21.3 Å². The second-order valence-corrected chi connectivity index (χ2v) is 4.46. The molecule has 2 rings (SSSR count). The summed E-state index contributed by atoms with van der Waals surface area (Å²) in [7, 11) is 1.91. The first kappa shape index (κ1) is 12.5. The minimum atomic E-state index is -0.531. The van der Waals surface area contributed by atoms with Crippen LogP contribution >= 0.6 is 0 Å². The molecule has 1 aromatic carbocycles. The molecule has 1 fully saturated rings. The molecule has 4 heteroatoms. The molecule has 0 saturated carbocycles. The molecule has 1 aliphatic rings. The highest BCUT2D eigenvalue weighted by atomic mass is 19.1. The van der Waals surface area contributed by atoms with E-state index in [1.54, 1.807) is 0 Å². The summed E-state index contributed by atoms with van der Waals surface area (Å²) in [5.41, 5.74) is 0.558. The van der Waals surface area contributed by atoms with Gasteiger partial charge < -0.3 is 10.1 Å². The van der Waals surface area contributed by atoms with Crippen LogP contribution in [-0.2, 0) is 11.2 Å². The Morgan fingerprint density at radius 1 is 1.41 bits per heavy atom. The molecule has 0 amide bonds. The number of rotatable bonds is 3. The van der Waals surface area contributed by atoms with E-state index in [1.807, 2.05) is 7.05 Å². The Balaban J connectivity index is 2.08. The second kappa shape index (κ2) is 5.56. The zero-order valence-electron chi connectivity index (χ0n) is 9.88. The van der Waals surface area contributed by atoms with E-state index in [9.17, 15) is 8.78 Å². The van der Waals surface area contributed by atoms with Gasteiger partial charge in [0.1, 0.15) is 11.6 Å². The maximum absolute atomic E-state index is 13.5. The molecule has 0 spiro atoms. The second-order valence-electron chi connectivity index (χ2n) is 4.46. The van der Waals surface area contributed by atoms with Gasteiger partial charge in [-0.3, -0.25) is 0 Å². The molecule has 0 aromatic heterocycles. The van der Waals surface area contributed by atoms with Crippen LogP contribution in [0.4, 0.5) is 8.78 Å². The van der Waals surface area contributed by atoms with Crippen LogP contribution in [0.1, 0.15) is 12.0 Å². The van der Waals surface area contributed by atoms with Crippen LogP contribution < -0.4 is 5.32 Å². The Bertz CT molecular complexity index is 384. The van der Waals surface area contributed by atoms with Crippen molar-refractivity contribution in [3.8, 4) is 0 Å². The third-order valence-electron chi connectivity index (χ3n) is 3.34. The molecular formula is C13H17F2NO. The van der Waals surface area contributed by atoms with Crippen LogP contribution in [0, 0.1) is 17.6 Å². The summed E-state index contributed by atoms with van der Waals surface area (Å²) in [5.74, 6) is -0.754. The minimum absolute atomic E-state index is 0.244. The molecule has 0 radical (unpaired) electrons. The van der Waals surface area contributed by atoms with Crippen LogP contribution in [0.5, 0.6) is 0 Å². The predicted molar refractivity (Wildman–Crippen MR) is 61.8 cm³/mol. The van der Waals surface area contributed by atoms with E-state index in [-0.39, 0.29) is 5.92 Å². The first-order valence-electron chi connectivity index (χ1n) is 5.89. The summed E-state index contributed by atoms with van der Waals surface area (Å²) in [6.45, 7) is 1.37. The Kier molecular flexibility index (Phi) is 4.07. The average Bonchev–Trinajstić information content (AvgIpc) is 2.33. The largest absolute Gasteiger partial charge is 0.381 e. The van der Waals surface area contributed by atoms with Crippen molar-refractivity contribution in [2.24, 2.45) is 5.92 Å². The zero-order valence-corrected chi connectivity index (χ0v) is 9.88. The maximum Gasteiger partial charge on any atom is 0.129 e. The fourth-order valence-corrected chi connectivity index (χ4v) is 2.35. The molecule has 2 unspecified atom stereocenters. The first-order valence-corrected chi connectivity index (χ1v) is 5.89. The van der Waals surface area contributed by atoms with E-state index < -0.39 is 11.6 Å². The highest BCUT2D eigenvalue weighted by molar-refractivity contribution is 5.19. The Morgan fingerprint density at radius 2 is 2.24 bits per heavy atom. The van der Waals surface area contributed by atoms with E-state index in [0.29, 0.717) is 24.6 Å². The van der Waals surface area contributed by atoms with Gasteiger partial charge in [-0.1, -0.05) is 6.07 Å². The Hall–Kier alpha value is -1.00.